The molecular weight excluding hydrogens is 516 g/mol. The molecule has 0 aromatic heterocycles. The smallest absolute Gasteiger partial charge is 0.438 e. The molecule has 2 amide bonds. The zero-order valence-corrected chi connectivity index (χ0v) is 23.9. The van der Waals surface area contributed by atoms with Gasteiger partial charge in [0.05, 0.1) is 31.5 Å². The van der Waals surface area contributed by atoms with Crippen LogP contribution in [0.5, 0.6) is 5.75 Å². The first-order valence-electron chi connectivity index (χ1n) is 13.4. The molecule has 3 aliphatic heterocycles. The number of nitrogens with one attached hydrogen (secondary N) is 1. The number of benzene rings is 1. The van der Waals surface area contributed by atoms with Crippen molar-refractivity contribution in [1.82, 2.24) is 0 Å². The van der Waals surface area contributed by atoms with Crippen LogP contribution in [0.25, 0.3) is 0 Å². The Bertz CT molecular complexity index is 1270. The van der Waals surface area contributed by atoms with Crippen molar-refractivity contribution in [2.24, 2.45) is 27.1 Å². The van der Waals surface area contributed by atoms with Crippen molar-refractivity contribution in [1.29, 1.82) is 0 Å². The molecule has 4 rings (SSSR count). The van der Waals surface area contributed by atoms with Gasteiger partial charge in [0.1, 0.15) is 22.6 Å². The minimum Gasteiger partial charge on any atom is -0.487 e. The number of allylic oxidation sites excluding steroid dienone is 1. The fourth-order valence-electron chi connectivity index (χ4n) is 5.08. The number of carbonyl (C=O) groups is 3. The van der Waals surface area contributed by atoms with Gasteiger partial charge in [-0.05, 0) is 65.2 Å². The van der Waals surface area contributed by atoms with Gasteiger partial charge in [-0.15, -0.1) is 4.99 Å². The van der Waals surface area contributed by atoms with Crippen molar-refractivity contribution in [2.75, 3.05) is 25.1 Å². The van der Waals surface area contributed by atoms with Gasteiger partial charge in [0.2, 0.25) is 0 Å². The molecule has 3 heterocycles. The third-order valence-corrected chi connectivity index (χ3v) is 7.46. The Morgan fingerprint density at radius 3 is 2.62 bits per heavy atom. The normalized spacial score (nSPS) is 23.5. The summed E-state index contributed by atoms with van der Waals surface area (Å²) in [6.07, 6.45) is 3.19. The van der Waals surface area contributed by atoms with Crippen molar-refractivity contribution in [3.8, 4) is 5.75 Å². The summed E-state index contributed by atoms with van der Waals surface area (Å²) in [6.45, 7) is 12.1. The Morgan fingerprint density at radius 1 is 1.25 bits per heavy atom. The molecule has 40 heavy (non-hydrogen) atoms. The molecule has 2 atom stereocenters. The van der Waals surface area contributed by atoms with E-state index in [1.54, 1.807) is 39.0 Å². The lowest BCUT2D eigenvalue weighted by molar-refractivity contribution is -0.224. The van der Waals surface area contributed by atoms with Crippen LogP contribution in [0.15, 0.2) is 40.0 Å². The quantitative estimate of drug-likeness (QED) is 0.417. The fourth-order valence-corrected chi connectivity index (χ4v) is 5.08. The monoisotopic (exact) mass is 554 g/mol. The minimum absolute atomic E-state index is 0.0362. The number of fused-ring (bicyclic) bond motifs is 1. The number of ether oxygens (including phenoxy) is 4. The van der Waals surface area contributed by atoms with Crippen LogP contribution in [0.4, 0.5) is 10.5 Å². The number of nitrogens with two attached hydrogens (primary N) is 1. The second-order valence-electron chi connectivity index (χ2n) is 12.1. The second kappa shape index (κ2) is 11.0. The molecule has 11 nitrogen and oxygen atoms in total. The number of amidine groups is 1. The van der Waals surface area contributed by atoms with Crippen LogP contribution < -0.4 is 15.8 Å². The number of amides is 2. The molecule has 2 unspecified atom stereocenters. The summed E-state index contributed by atoms with van der Waals surface area (Å²) in [5.41, 5.74) is 5.67. The lowest BCUT2D eigenvalue weighted by Gasteiger charge is -2.58. The number of nitrogens with zero attached hydrogens (tertiary/aromatic N) is 2. The summed E-state index contributed by atoms with van der Waals surface area (Å²) in [5.74, 6) is -0.115. The lowest BCUT2D eigenvalue weighted by atomic mass is 9.60. The van der Waals surface area contributed by atoms with Crippen molar-refractivity contribution in [2.45, 2.75) is 71.5 Å². The number of anilines is 1. The van der Waals surface area contributed by atoms with E-state index in [1.165, 1.54) is 6.21 Å². The zero-order chi connectivity index (χ0) is 29.3. The third kappa shape index (κ3) is 6.35. The number of hydrogen-bond donors (Lipinski definition) is 2. The maximum absolute atomic E-state index is 13.1. The van der Waals surface area contributed by atoms with Crippen LogP contribution in [0.1, 0.15) is 65.9 Å². The highest BCUT2D eigenvalue weighted by Crippen LogP contribution is 2.57. The number of hydrogen-bond acceptors (Lipinski definition) is 8. The largest absolute Gasteiger partial charge is 0.487 e. The van der Waals surface area contributed by atoms with Crippen LogP contribution in [-0.2, 0) is 23.8 Å². The number of Topliss-reactive ketones (excluding diaryl/α,β-unsaturated/α-hetero) is 1. The van der Waals surface area contributed by atoms with Gasteiger partial charge >= 0.3 is 6.09 Å². The van der Waals surface area contributed by atoms with Gasteiger partial charge in [-0.3, -0.25) is 9.59 Å². The van der Waals surface area contributed by atoms with Gasteiger partial charge < -0.3 is 30.0 Å². The SMILES string of the molecule is CC1C=C(C(=O)Nc2ccc3c(c2)C(COC(N)=NC(=O)OC(C)(C)C)C2(COC2)C(C)(C)O3)N=CC(=O)CC1. The van der Waals surface area contributed by atoms with Crippen molar-refractivity contribution in [3.63, 3.8) is 0 Å². The number of rotatable bonds is 4. The van der Waals surface area contributed by atoms with Crippen LogP contribution in [-0.4, -0.2) is 61.0 Å². The number of aliphatic imine (C=N–C) groups is 2. The average Bonchev–Trinajstić information content (AvgIpc) is 2.79. The Balaban J connectivity index is 1.59. The van der Waals surface area contributed by atoms with E-state index in [2.05, 4.69) is 15.3 Å². The lowest BCUT2D eigenvalue weighted by Crippen LogP contribution is -2.65. The molecule has 3 aliphatic rings. The highest BCUT2D eigenvalue weighted by molar-refractivity contribution is 6.28. The number of ketones is 1. The predicted molar refractivity (Wildman–Crippen MR) is 150 cm³/mol. The topological polar surface area (TPSA) is 151 Å². The van der Waals surface area contributed by atoms with E-state index in [9.17, 15) is 14.4 Å². The van der Waals surface area contributed by atoms with Gasteiger partial charge in [-0.1, -0.05) is 13.0 Å². The van der Waals surface area contributed by atoms with E-state index in [-0.39, 0.29) is 35.9 Å². The predicted octanol–water partition coefficient (Wildman–Crippen LogP) is 4.12. The summed E-state index contributed by atoms with van der Waals surface area (Å²) in [4.78, 5) is 44.9. The standard InChI is InChI=1S/C29H38N4O7/c1-17-7-9-19(34)13-31-22(11-17)24(35)32-18-8-10-23-20(12-18)21(29(15-37-16-29)28(5,6)39-23)14-38-25(30)33-26(36)40-27(2,3)4/h8,10-13,17,21H,7,9,14-16H2,1-6H3,(H,32,35)(H2,30,33,36). The van der Waals surface area contributed by atoms with E-state index >= 15 is 0 Å². The number of carbonyl (C=O) groups excluding carboxylic acids is 3. The van der Waals surface area contributed by atoms with Crippen LogP contribution in [0, 0.1) is 11.3 Å². The van der Waals surface area contributed by atoms with E-state index in [1.807, 2.05) is 26.8 Å². The Morgan fingerprint density at radius 2 is 1.98 bits per heavy atom. The molecule has 1 saturated heterocycles. The van der Waals surface area contributed by atoms with Crippen molar-refractivity contribution < 1.29 is 33.3 Å². The fraction of sp³-hybridized carbons (Fsp3) is 0.552. The highest BCUT2D eigenvalue weighted by atomic mass is 16.6. The minimum atomic E-state index is -0.841. The molecule has 1 spiro atoms. The van der Waals surface area contributed by atoms with Crippen LogP contribution >= 0.6 is 0 Å². The van der Waals surface area contributed by atoms with Crippen LogP contribution in [0.2, 0.25) is 0 Å². The van der Waals surface area contributed by atoms with Crippen molar-refractivity contribution in [3.05, 3.63) is 35.5 Å². The second-order valence-corrected chi connectivity index (χ2v) is 12.1. The summed E-state index contributed by atoms with van der Waals surface area (Å²) < 4.78 is 23.0. The summed E-state index contributed by atoms with van der Waals surface area (Å²) in [6, 6.07) is 5.07. The summed E-state index contributed by atoms with van der Waals surface area (Å²) in [5, 5.41) is 2.89. The zero-order valence-electron chi connectivity index (χ0n) is 23.9. The first kappa shape index (κ1) is 29.3. The highest BCUT2D eigenvalue weighted by Gasteiger charge is 2.61. The Hall–Kier alpha value is -3.73. The Labute approximate surface area is 234 Å². The molecule has 11 heteroatoms. The van der Waals surface area contributed by atoms with Crippen LogP contribution in [0.3, 0.4) is 0 Å². The molecule has 1 aromatic rings. The first-order valence-corrected chi connectivity index (χ1v) is 13.4. The summed E-state index contributed by atoms with van der Waals surface area (Å²) in [7, 11) is 0. The molecule has 3 N–H and O–H groups in total. The molecule has 0 saturated carbocycles. The van der Waals surface area contributed by atoms with Gasteiger partial charge in [0, 0.05) is 23.6 Å². The van der Waals surface area contributed by atoms with Crippen molar-refractivity contribution >= 4 is 35.7 Å². The van der Waals surface area contributed by atoms with E-state index in [0.717, 1.165) is 5.56 Å². The molecule has 1 fully saturated rings. The molecular formula is C29H38N4O7. The maximum atomic E-state index is 13.1. The van der Waals surface area contributed by atoms with E-state index in [4.69, 9.17) is 24.7 Å². The molecule has 0 radical (unpaired) electrons. The molecule has 0 bridgehead atoms. The maximum Gasteiger partial charge on any atom is 0.438 e. The Kier molecular flexibility index (Phi) is 8.07. The first-order chi connectivity index (χ1) is 18.7. The van der Waals surface area contributed by atoms with Gasteiger partial charge in [0.15, 0.2) is 5.78 Å². The average molecular weight is 555 g/mol. The van der Waals surface area contributed by atoms with Gasteiger partial charge in [0.25, 0.3) is 11.9 Å². The third-order valence-electron chi connectivity index (χ3n) is 7.46. The van der Waals surface area contributed by atoms with Gasteiger partial charge in [-0.25, -0.2) is 9.79 Å². The molecule has 1 aromatic carbocycles. The summed E-state index contributed by atoms with van der Waals surface area (Å²) >= 11 is 0. The molecule has 216 valence electrons. The van der Waals surface area contributed by atoms with Gasteiger partial charge in [-0.2, -0.15) is 0 Å². The van der Waals surface area contributed by atoms with E-state index < -0.39 is 28.6 Å². The molecule has 0 aliphatic carbocycles. The van der Waals surface area contributed by atoms with E-state index in [0.29, 0.717) is 37.5 Å².